The van der Waals surface area contributed by atoms with Crippen LogP contribution in [-0.2, 0) is 22.0 Å². The minimum Gasteiger partial charge on any atom is -0.481 e. The number of aliphatic carboxylic acids is 1. The molecule has 0 aliphatic heterocycles. The van der Waals surface area contributed by atoms with E-state index in [2.05, 4.69) is 57.0 Å². The van der Waals surface area contributed by atoms with Gasteiger partial charge < -0.3 is 5.11 Å². The van der Waals surface area contributed by atoms with E-state index in [1.165, 1.54) is 42.4 Å². The molecule has 1 saturated carbocycles. The van der Waals surface area contributed by atoms with E-state index < -0.39 is 11.4 Å². The molecule has 0 spiro atoms. The molecule has 1 unspecified atom stereocenters. The van der Waals surface area contributed by atoms with Crippen LogP contribution in [0, 0.1) is 0 Å². The Morgan fingerprint density at radius 2 is 1.74 bits per heavy atom. The molecule has 2 aromatic carbocycles. The fourth-order valence-electron chi connectivity index (χ4n) is 5.25. The summed E-state index contributed by atoms with van der Waals surface area (Å²) in [4.78, 5) is 14.3. The van der Waals surface area contributed by atoms with Crippen molar-refractivity contribution in [3.63, 3.8) is 0 Å². The van der Waals surface area contributed by atoms with Gasteiger partial charge in [0.15, 0.2) is 0 Å². The maximum absolute atomic E-state index is 11.6. The Morgan fingerprint density at radius 3 is 2.29 bits per heavy atom. The molecule has 0 bridgehead atoms. The average molecular weight is 420 g/mol. The molecule has 2 aliphatic rings. The van der Waals surface area contributed by atoms with Crippen LogP contribution in [0.5, 0.6) is 0 Å². The Labute approximate surface area is 187 Å². The number of carboxylic acid groups (broad SMARTS) is 1. The largest absolute Gasteiger partial charge is 0.481 e. The van der Waals surface area contributed by atoms with Gasteiger partial charge in [0.25, 0.3) is 0 Å². The molecule has 0 aromatic heterocycles. The van der Waals surface area contributed by atoms with Crippen LogP contribution in [-0.4, -0.2) is 29.1 Å². The number of carbonyl (C=O) groups is 1. The minimum atomic E-state index is -0.883. The molecule has 0 radical (unpaired) electrons. The van der Waals surface area contributed by atoms with E-state index >= 15 is 0 Å². The van der Waals surface area contributed by atoms with Crippen molar-refractivity contribution in [1.82, 2.24) is 4.90 Å². The van der Waals surface area contributed by atoms with Gasteiger partial charge in [-0.25, -0.2) is 0 Å². The fraction of sp³-hybridized carbons (Fsp3) is 0.536. The molecule has 166 valence electrons. The lowest BCUT2D eigenvalue weighted by Crippen LogP contribution is -2.36. The summed E-state index contributed by atoms with van der Waals surface area (Å²) in [5.41, 5.74) is 7.07. The summed E-state index contributed by atoms with van der Waals surface area (Å²) in [5, 5.41) is 9.55. The van der Waals surface area contributed by atoms with E-state index in [9.17, 15) is 9.90 Å². The molecular formula is C28H37NO2. The number of benzene rings is 2. The van der Waals surface area contributed by atoms with Crippen molar-refractivity contribution in [1.29, 1.82) is 0 Å². The predicted molar refractivity (Wildman–Crippen MR) is 128 cm³/mol. The highest BCUT2D eigenvalue weighted by atomic mass is 16.4. The molecule has 1 N–H and O–H groups in total. The third-order valence-electron chi connectivity index (χ3n) is 7.84. The third kappa shape index (κ3) is 3.93. The van der Waals surface area contributed by atoms with Crippen LogP contribution in [0.3, 0.4) is 0 Å². The number of fused-ring (bicyclic) bond motifs is 1. The smallest absolute Gasteiger partial charge is 0.313 e. The first-order valence-electron chi connectivity index (χ1n) is 11.8. The molecule has 3 nitrogen and oxygen atoms in total. The van der Waals surface area contributed by atoms with E-state index in [1.54, 1.807) is 19.4 Å². The SMILES string of the molecule is CCc1cc(-c2ccc(C(C)(C)C(=O)O)cc2)cc2c1C(N(C)C1CC1)CCC2(C)C. The average Bonchev–Trinajstić information content (AvgIpc) is 3.58. The third-order valence-corrected chi connectivity index (χ3v) is 7.84. The first-order chi connectivity index (χ1) is 14.6. The zero-order chi connectivity index (χ0) is 22.6. The molecule has 4 rings (SSSR count). The second kappa shape index (κ2) is 7.78. The number of carboxylic acids is 1. The summed E-state index contributed by atoms with van der Waals surface area (Å²) in [6.45, 7) is 10.6. The molecule has 2 aliphatic carbocycles. The van der Waals surface area contributed by atoms with Gasteiger partial charge in [-0.2, -0.15) is 0 Å². The van der Waals surface area contributed by atoms with Gasteiger partial charge in [0, 0.05) is 12.1 Å². The van der Waals surface area contributed by atoms with Gasteiger partial charge in [0.05, 0.1) is 5.41 Å². The van der Waals surface area contributed by atoms with E-state index in [-0.39, 0.29) is 5.41 Å². The first kappa shape index (κ1) is 22.1. The van der Waals surface area contributed by atoms with Crippen LogP contribution < -0.4 is 0 Å². The van der Waals surface area contributed by atoms with Gasteiger partial charge in [0.2, 0.25) is 0 Å². The maximum atomic E-state index is 11.6. The van der Waals surface area contributed by atoms with Crippen molar-refractivity contribution >= 4 is 5.97 Å². The summed E-state index contributed by atoms with van der Waals surface area (Å²) in [5.74, 6) is -0.796. The van der Waals surface area contributed by atoms with Crippen molar-refractivity contribution in [2.75, 3.05) is 7.05 Å². The van der Waals surface area contributed by atoms with Crippen molar-refractivity contribution in [2.24, 2.45) is 0 Å². The summed E-state index contributed by atoms with van der Waals surface area (Å²) < 4.78 is 0. The zero-order valence-electron chi connectivity index (χ0n) is 20.0. The van der Waals surface area contributed by atoms with Crippen molar-refractivity contribution in [3.8, 4) is 11.1 Å². The molecule has 31 heavy (non-hydrogen) atoms. The summed E-state index contributed by atoms with van der Waals surface area (Å²) in [7, 11) is 2.32. The Morgan fingerprint density at radius 1 is 1.10 bits per heavy atom. The van der Waals surface area contributed by atoms with E-state index in [0.717, 1.165) is 23.6 Å². The molecule has 3 heteroatoms. The predicted octanol–water partition coefficient (Wildman–Crippen LogP) is 6.48. The van der Waals surface area contributed by atoms with Crippen LogP contribution in [0.1, 0.15) is 88.6 Å². The van der Waals surface area contributed by atoms with Crippen molar-refractivity contribution in [3.05, 3.63) is 58.7 Å². The number of rotatable bonds is 6. The monoisotopic (exact) mass is 419 g/mol. The van der Waals surface area contributed by atoms with E-state index in [1.807, 2.05) is 12.1 Å². The molecule has 0 saturated heterocycles. The van der Waals surface area contributed by atoms with Gasteiger partial charge in [-0.05, 0) is 91.8 Å². The Bertz CT molecular complexity index is 983. The Kier molecular flexibility index (Phi) is 5.54. The summed E-state index contributed by atoms with van der Waals surface area (Å²) in [6.07, 6.45) is 6.15. The standard InChI is InChI=1S/C28H37NO2/c1-7-18-16-20(19-8-10-21(11-9-19)28(4,5)26(30)31)17-23-25(18)24(14-15-27(23,2)3)29(6)22-12-13-22/h8-11,16-17,22,24H,7,12-15H2,1-6H3,(H,30,31). The van der Waals surface area contributed by atoms with Crippen LogP contribution in [0.15, 0.2) is 36.4 Å². The lowest BCUT2D eigenvalue weighted by atomic mass is 9.68. The maximum Gasteiger partial charge on any atom is 0.313 e. The second-order valence-electron chi connectivity index (χ2n) is 10.8. The lowest BCUT2D eigenvalue weighted by Gasteiger charge is -2.42. The number of aryl methyl sites for hydroxylation is 1. The van der Waals surface area contributed by atoms with E-state index in [4.69, 9.17) is 0 Å². The molecular weight excluding hydrogens is 382 g/mol. The van der Waals surface area contributed by atoms with Crippen molar-refractivity contribution in [2.45, 2.75) is 89.6 Å². The number of nitrogens with zero attached hydrogens (tertiary/aromatic N) is 1. The van der Waals surface area contributed by atoms with Crippen LogP contribution in [0.2, 0.25) is 0 Å². The van der Waals surface area contributed by atoms with Crippen LogP contribution in [0.25, 0.3) is 11.1 Å². The highest BCUT2D eigenvalue weighted by Gasteiger charge is 2.40. The normalized spacial score (nSPS) is 20.5. The number of hydrogen-bond acceptors (Lipinski definition) is 2. The van der Waals surface area contributed by atoms with Gasteiger partial charge in [-0.15, -0.1) is 0 Å². The topological polar surface area (TPSA) is 40.5 Å². The van der Waals surface area contributed by atoms with Crippen molar-refractivity contribution < 1.29 is 9.90 Å². The Balaban J connectivity index is 1.78. The minimum absolute atomic E-state index is 0.168. The zero-order valence-corrected chi connectivity index (χ0v) is 20.0. The van der Waals surface area contributed by atoms with Crippen LogP contribution >= 0.6 is 0 Å². The van der Waals surface area contributed by atoms with Gasteiger partial charge in [-0.1, -0.05) is 57.2 Å². The summed E-state index contributed by atoms with van der Waals surface area (Å²) in [6, 6.07) is 14.2. The van der Waals surface area contributed by atoms with Gasteiger partial charge in [0.1, 0.15) is 0 Å². The highest BCUT2D eigenvalue weighted by Crippen LogP contribution is 2.48. The fourth-order valence-corrected chi connectivity index (χ4v) is 5.25. The van der Waals surface area contributed by atoms with Crippen LogP contribution in [0.4, 0.5) is 0 Å². The van der Waals surface area contributed by atoms with Gasteiger partial charge in [-0.3, -0.25) is 9.69 Å². The van der Waals surface area contributed by atoms with E-state index in [0.29, 0.717) is 6.04 Å². The lowest BCUT2D eigenvalue weighted by molar-refractivity contribution is -0.142. The first-order valence-corrected chi connectivity index (χ1v) is 11.8. The molecule has 1 atom stereocenters. The van der Waals surface area contributed by atoms with Gasteiger partial charge >= 0.3 is 5.97 Å². The molecule has 2 aromatic rings. The number of hydrogen-bond donors (Lipinski definition) is 1. The quantitative estimate of drug-likeness (QED) is 0.582. The Hall–Kier alpha value is -2.13. The molecule has 0 heterocycles. The molecule has 1 fully saturated rings. The summed E-state index contributed by atoms with van der Waals surface area (Å²) >= 11 is 0. The highest BCUT2D eigenvalue weighted by molar-refractivity contribution is 5.80. The second-order valence-corrected chi connectivity index (χ2v) is 10.8. The molecule has 0 amide bonds.